The molecule has 9 N–H and O–H groups in total. The first-order valence-corrected chi connectivity index (χ1v) is 13.9. The van der Waals surface area contributed by atoms with Gasteiger partial charge in [-0.05, 0) is 30.7 Å². The summed E-state index contributed by atoms with van der Waals surface area (Å²) in [6.45, 7) is 2.39. The van der Waals surface area contributed by atoms with Crippen molar-refractivity contribution in [2.75, 3.05) is 6.61 Å². The molecule has 4 aromatic rings. The Bertz CT molecular complexity index is 1700. The average molecular weight is 591 g/mol. The van der Waals surface area contributed by atoms with Gasteiger partial charge in [-0.15, -0.1) is 0 Å². The summed E-state index contributed by atoms with van der Waals surface area (Å²) in [4.78, 5) is 15.9. The van der Waals surface area contributed by atoms with Crippen LogP contribution in [0, 0.1) is 17.7 Å². The number of carbonyl (C=O) groups is 1. The molecular formula is C28H30N8O5S. The maximum atomic E-state index is 12.1. The lowest BCUT2D eigenvalue weighted by Crippen LogP contribution is -2.15. The van der Waals surface area contributed by atoms with Gasteiger partial charge < -0.3 is 21.4 Å². The van der Waals surface area contributed by atoms with Gasteiger partial charge in [0.05, 0.1) is 16.8 Å². The number of nitrogens with zero attached hydrogens (tertiary/aromatic N) is 3. The summed E-state index contributed by atoms with van der Waals surface area (Å²) in [5, 5.41) is 36.5. The zero-order chi connectivity index (χ0) is 30.9. The van der Waals surface area contributed by atoms with Crippen LogP contribution in [0.25, 0.3) is 16.8 Å². The van der Waals surface area contributed by atoms with Crippen LogP contribution in [-0.4, -0.2) is 53.8 Å². The highest BCUT2D eigenvalue weighted by Crippen LogP contribution is 2.29. The van der Waals surface area contributed by atoms with Crippen LogP contribution in [0.5, 0.6) is 0 Å². The highest BCUT2D eigenvalue weighted by molar-refractivity contribution is 7.89. The summed E-state index contributed by atoms with van der Waals surface area (Å²) in [6.07, 6.45) is 4.16. The number of sulfonamides is 1. The normalized spacial score (nSPS) is 11.8. The lowest BCUT2D eigenvalue weighted by Gasteiger charge is -2.12. The van der Waals surface area contributed by atoms with Crippen molar-refractivity contribution in [2.24, 2.45) is 21.8 Å². The number of aromatic carboxylic acids is 1. The number of primary sulfonamides is 1. The monoisotopic (exact) mass is 590 g/mol. The Morgan fingerprint density at radius 1 is 0.976 bits per heavy atom. The average Bonchev–Trinajstić information content (AvgIpc) is 3.67. The van der Waals surface area contributed by atoms with Crippen LogP contribution in [-0.2, 0) is 14.9 Å². The number of nitrogens with two attached hydrogens (primary N) is 3. The summed E-state index contributed by atoms with van der Waals surface area (Å²) in [5.41, 5.74) is 13.5. The van der Waals surface area contributed by atoms with Crippen molar-refractivity contribution in [1.82, 2.24) is 9.78 Å². The maximum absolute atomic E-state index is 12.1. The number of benzene rings is 3. The topological polar surface area (TPSA) is 237 Å². The molecule has 0 unspecified atom stereocenters. The predicted octanol–water partition coefficient (Wildman–Crippen LogP) is 2.84. The van der Waals surface area contributed by atoms with E-state index in [-0.39, 0.29) is 22.3 Å². The zero-order valence-electron chi connectivity index (χ0n) is 22.6. The van der Waals surface area contributed by atoms with Gasteiger partial charge in [0, 0.05) is 34.9 Å². The summed E-state index contributed by atoms with van der Waals surface area (Å²) < 4.78 is 25.3. The Morgan fingerprint density at radius 2 is 1.62 bits per heavy atom. The number of hydrogen-bond donors (Lipinski definition) is 6. The van der Waals surface area contributed by atoms with Gasteiger partial charge in [-0.1, -0.05) is 59.8 Å². The second-order valence-electron chi connectivity index (χ2n) is 8.80. The van der Waals surface area contributed by atoms with E-state index in [2.05, 4.69) is 15.1 Å². The molecule has 42 heavy (non-hydrogen) atoms. The predicted molar refractivity (Wildman–Crippen MR) is 160 cm³/mol. The maximum Gasteiger partial charge on any atom is 0.354 e. The summed E-state index contributed by atoms with van der Waals surface area (Å²) in [7, 11) is -4.03. The molecule has 0 saturated carbocycles. The zero-order valence-corrected chi connectivity index (χ0v) is 23.4. The molecule has 0 fully saturated rings. The van der Waals surface area contributed by atoms with Gasteiger partial charge in [0.2, 0.25) is 10.0 Å². The molecule has 0 aliphatic carbocycles. The standard InChI is InChI=1S/C17H15N3O4S.C8H10N4.C3H5NO/c1-11-10-19-20(16(11)17(21)22)13-7-8-14(12-5-3-2-4-6-12)15(9-13)25(18,23)24;9-7(10)5-2-1-3-6(4-5)8(11)12;1-2-4-5-3-1/h2-10H,1H3,(H,21,22)(H2,18,23,24);1-4H,(H3,9,10)(H3,11,12);2H,1,3H2. The van der Waals surface area contributed by atoms with Crippen molar-refractivity contribution in [2.45, 2.75) is 18.2 Å². The van der Waals surface area contributed by atoms with E-state index in [0.29, 0.717) is 33.5 Å². The summed E-state index contributed by atoms with van der Waals surface area (Å²) in [6, 6.07) is 20.2. The van der Waals surface area contributed by atoms with E-state index in [1.54, 1.807) is 73.8 Å². The molecule has 0 atom stereocenters. The molecule has 1 aliphatic rings. The van der Waals surface area contributed by atoms with Crippen molar-refractivity contribution in [3.8, 4) is 16.8 Å². The van der Waals surface area contributed by atoms with Crippen molar-refractivity contribution >= 4 is 33.9 Å². The van der Waals surface area contributed by atoms with Crippen LogP contribution >= 0.6 is 0 Å². The number of aryl methyl sites for hydroxylation is 1. The largest absolute Gasteiger partial charge is 0.477 e. The van der Waals surface area contributed by atoms with Gasteiger partial charge >= 0.3 is 5.97 Å². The third-order valence-electron chi connectivity index (χ3n) is 5.73. The minimum absolute atomic E-state index is 0.0156. The van der Waals surface area contributed by atoms with Gasteiger partial charge in [-0.2, -0.15) is 5.10 Å². The number of carboxylic acids is 1. The number of aromatic nitrogens is 2. The fraction of sp³-hybridized carbons (Fsp3) is 0.107. The Balaban J connectivity index is 0.000000234. The number of carboxylic acid groups (broad SMARTS) is 1. The fourth-order valence-corrected chi connectivity index (χ4v) is 4.51. The Labute approximate surface area is 242 Å². The first-order valence-electron chi connectivity index (χ1n) is 12.3. The van der Waals surface area contributed by atoms with Crippen LogP contribution in [0.15, 0.2) is 89.0 Å². The van der Waals surface area contributed by atoms with Crippen LogP contribution in [0.1, 0.15) is 33.6 Å². The van der Waals surface area contributed by atoms with Gasteiger partial charge in [-0.25, -0.2) is 23.0 Å². The van der Waals surface area contributed by atoms with Crippen LogP contribution in [0.4, 0.5) is 0 Å². The molecule has 0 spiro atoms. The molecule has 0 amide bonds. The first-order chi connectivity index (χ1) is 19.9. The number of oxime groups is 1. The third-order valence-corrected chi connectivity index (χ3v) is 6.68. The van der Waals surface area contributed by atoms with E-state index in [1.165, 1.54) is 16.9 Å². The number of amidine groups is 2. The molecular weight excluding hydrogens is 560 g/mol. The second-order valence-corrected chi connectivity index (χ2v) is 10.3. The molecule has 0 saturated heterocycles. The minimum Gasteiger partial charge on any atom is -0.477 e. The molecule has 13 nitrogen and oxygen atoms in total. The van der Waals surface area contributed by atoms with Crippen LogP contribution < -0.4 is 16.6 Å². The first kappa shape index (κ1) is 31.2. The quantitative estimate of drug-likeness (QED) is 0.144. The van der Waals surface area contributed by atoms with Crippen molar-refractivity contribution in [1.29, 1.82) is 10.8 Å². The summed E-state index contributed by atoms with van der Waals surface area (Å²) in [5.74, 6) is -1.18. The van der Waals surface area contributed by atoms with Crippen LogP contribution in [0.3, 0.4) is 0 Å². The summed E-state index contributed by atoms with van der Waals surface area (Å²) >= 11 is 0. The van der Waals surface area contributed by atoms with E-state index >= 15 is 0 Å². The van der Waals surface area contributed by atoms with Gasteiger partial charge in [-0.3, -0.25) is 10.8 Å². The molecule has 1 aromatic heterocycles. The molecule has 1 aliphatic heterocycles. The molecule has 0 bridgehead atoms. The number of rotatable bonds is 6. The fourth-order valence-electron chi connectivity index (χ4n) is 3.74. The Hall–Kier alpha value is -5.34. The molecule has 14 heteroatoms. The highest BCUT2D eigenvalue weighted by atomic mass is 32.2. The smallest absolute Gasteiger partial charge is 0.354 e. The van der Waals surface area contributed by atoms with Crippen molar-refractivity contribution < 1.29 is 23.2 Å². The highest BCUT2D eigenvalue weighted by Gasteiger charge is 2.20. The lowest BCUT2D eigenvalue weighted by molar-refractivity contribution is 0.0686. The van der Waals surface area contributed by atoms with E-state index in [1.807, 2.05) is 6.07 Å². The number of nitrogen functional groups attached to an aromatic ring is 2. The van der Waals surface area contributed by atoms with Gasteiger partial charge in [0.1, 0.15) is 18.3 Å². The Morgan fingerprint density at radius 3 is 2.10 bits per heavy atom. The van der Waals surface area contributed by atoms with E-state index in [0.717, 1.165) is 13.0 Å². The number of hydrogen-bond acceptors (Lipinski definition) is 8. The molecule has 218 valence electrons. The van der Waals surface area contributed by atoms with E-state index in [9.17, 15) is 18.3 Å². The van der Waals surface area contributed by atoms with Crippen molar-refractivity contribution in [3.63, 3.8) is 0 Å². The van der Waals surface area contributed by atoms with Gasteiger partial charge in [0.25, 0.3) is 0 Å². The minimum atomic E-state index is -4.03. The van der Waals surface area contributed by atoms with Crippen LogP contribution in [0.2, 0.25) is 0 Å². The third kappa shape index (κ3) is 8.09. The Kier molecular flexibility index (Phi) is 10.3. The van der Waals surface area contributed by atoms with E-state index in [4.69, 9.17) is 27.4 Å². The molecule has 2 heterocycles. The number of nitrogens with one attached hydrogen (secondary N) is 2. The van der Waals surface area contributed by atoms with Gasteiger partial charge in [0.15, 0.2) is 5.69 Å². The van der Waals surface area contributed by atoms with E-state index < -0.39 is 16.0 Å². The molecule has 5 rings (SSSR count). The van der Waals surface area contributed by atoms with Crippen molar-refractivity contribution in [3.05, 3.63) is 101 Å². The second kappa shape index (κ2) is 13.8. The molecule has 3 aromatic carbocycles. The lowest BCUT2D eigenvalue weighted by atomic mass is 10.1. The molecule has 0 radical (unpaired) electrons. The SMILES string of the molecule is C1=NOCC1.Cc1cnn(-c2ccc(-c3ccccc3)c(S(N)(=O)=O)c2)c1C(=O)O.N=C(N)c1cccc(C(=N)N)c1.